The number of aryl methyl sites for hydroxylation is 1. The molecule has 1 aromatic rings. The molecule has 0 fully saturated rings. The fourth-order valence-electron chi connectivity index (χ4n) is 1.06. The Labute approximate surface area is 84.2 Å². The lowest BCUT2D eigenvalue weighted by atomic mass is 10.2. The smallest absolute Gasteiger partial charge is 0.240 e. The molecule has 0 atom stereocenters. The third kappa shape index (κ3) is 2.24. The quantitative estimate of drug-likeness (QED) is 0.733. The van der Waals surface area contributed by atoms with Gasteiger partial charge in [0.25, 0.3) is 0 Å². The summed E-state index contributed by atoms with van der Waals surface area (Å²) in [5.74, 6) is 0. The molecule has 0 heterocycles. The molecule has 0 spiro atoms. The highest BCUT2D eigenvalue weighted by molar-refractivity contribution is 7.89. The molecule has 78 valence electrons. The Bertz CT molecular complexity index is 426. The van der Waals surface area contributed by atoms with Crippen LogP contribution in [0.5, 0.6) is 0 Å². The van der Waals surface area contributed by atoms with E-state index >= 15 is 0 Å². The number of sulfonamides is 1. The van der Waals surface area contributed by atoms with Crippen LogP contribution in [-0.4, -0.2) is 15.0 Å². The van der Waals surface area contributed by atoms with Gasteiger partial charge >= 0.3 is 0 Å². The molecule has 3 N–H and O–H groups in total. The minimum Gasteiger partial charge on any atom is -0.398 e. The number of nitrogens with two attached hydrogens (primary N) is 1. The van der Waals surface area contributed by atoms with Crippen LogP contribution in [0.25, 0.3) is 0 Å². The Morgan fingerprint density at radius 1 is 1.43 bits per heavy atom. The maximum Gasteiger partial charge on any atom is 0.240 e. The molecule has 0 saturated carbocycles. The zero-order valence-electron chi connectivity index (χ0n) is 8.24. The van der Waals surface area contributed by atoms with Crippen LogP contribution in [0.15, 0.2) is 23.1 Å². The summed E-state index contributed by atoms with van der Waals surface area (Å²) in [6, 6.07) is 4.70. The first-order chi connectivity index (χ1) is 6.47. The van der Waals surface area contributed by atoms with Gasteiger partial charge in [0, 0.05) is 12.2 Å². The first-order valence-electron chi connectivity index (χ1n) is 4.33. The monoisotopic (exact) mass is 214 g/mol. The molecule has 0 amide bonds. The number of rotatable bonds is 3. The zero-order chi connectivity index (χ0) is 10.8. The van der Waals surface area contributed by atoms with Crippen LogP contribution in [0.2, 0.25) is 0 Å². The van der Waals surface area contributed by atoms with Crippen molar-refractivity contribution in [3.05, 3.63) is 23.8 Å². The van der Waals surface area contributed by atoms with E-state index in [0.717, 1.165) is 5.56 Å². The predicted molar refractivity (Wildman–Crippen MR) is 56.5 cm³/mol. The lowest BCUT2D eigenvalue weighted by molar-refractivity contribution is 0.584. The summed E-state index contributed by atoms with van der Waals surface area (Å²) in [5, 5.41) is 0. The number of nitrogen functional groups attached to an aromatic ring is 1. The molecule has 0 saturated heterocycles. The molecule has 0 aliphatic carbocycles. The van der Waals surface area contributed by atoms with E-state index in [1.807, 2.05) is 6.92 Å². The molecule has 0 aliphatic heterocycles. The summed E-state index contributed by atoms with van der Waals surface area (Å²) in [6.07, 6.45) is 0. The zero-order valence-corrected chi connectivity index (χ0v) is 9.06. The fourth-order valence-corrected chi connectivity index (χ4v) is 2.14. The van der Waals surface area contributed by atoms with Gasteiger partial charge in [-0.15, -0.1) is 0 Å². The first-order valence-corrected chi connectivity index (χ1v) is 5.81. The number of nitrogens with one attached hydrogen (secondary N) is 1. The third-order valence-corrected chi connectivity index (χ3v) is 3.44. The van der Waals surface area contributed by atoms with Crippen molar-refractivity contribution < 1.29 is 8.42 Å². The molecule has 0 aliphatic rings. The van der Waals surface area contributed by atoms with E-state index in [4.69, 9.17) is 5.73 Å². The van der Waals surface area contributed by atoms with Gasteiger partial charge in [-0.05, 0) is 24.6 Å². The molecular weight excluding hydrogens is 200 g/mol. The van der Waals surface area contributed by atoms with Crippen molar-refractivity contribution in [1.29, 1.82) is 0 Å². The topological polar surface area (TPSA) is 72.2 Å². The molecule has 0 unspecified atom stereocenters. The summed E-state index contributed by atoms with van der Waals surface area (Å²) in [7, 11) is -3.38. The van der Waals surface area contributed by atoms with Gasteiger partial charge in [0.1, 0.15) is 0 Å². The van der Waals surface area contributed by atoms with Crippen LogP contribution in [0.1, 0.15) is 12.5 Å². The summed E-state index contributed by atoms with van der Waals surface area (Å²) in [6.45, 7) is 3.93. The molecule has 0 radical (unpaired) electrons. The van der Waals surface area contributed by atoms with E-state index < -0.39 is 10.0 Å². The molecule has 1 rings (SSSR count). The minimum atomic E-state index is -3.38. The standard InChI is InChI=1S/C9H14N2O2S/c1-3-11-14(12,13)8-5-4-7(2)9(10)6-8/h4-6,11H,3,10H2,1-2H3. The highest BCUT2D eigenvalue weighted by Gasteiger charge is 2.12. The van der Waals surface area contributed by atoms with E-state index in [-0.39, 0.29) is 4.90 Å². The van der Waals surface area contributed by atoms with E-state index in [1.165, 1.54) is 6.07 Å². The Hall–Kier alpha value is -1.07. The van der Waals surface area contributed by atoms with Gasteiger partial charge in [0.15, 0.2) is 0 Å². The van der Waals surface area contributed by atoms with E-state index in [0.29, 0.717) is 12.2 Å². The van der Waals surface area contributed by atoms with Crippen molar-refractivity contribution in [2.75, 3.05) is 12.3 Å². The molecule has 0 aromatic heterocycles. The van der Waals surface area contributed by atoms with Gasteiger partial charge in [-0.25, -0.2) is 13.1 Å². The lowest BCUT2D eigenvalue weighted by Crippen LogP contribution is -2.23. The summed E-state index contributed by atoms with van der Waals surface area (Å²) >= 11 is 0. The Morgan fingerprint density at radius 3 is 2.57 bits per heavy atom. The Kier molecular flexibility index (Phi) is 3.13. The van der Waals surface area contributed by atoms with Crippen molar-refractivity contribution in [3.8, 4) is 0 Å². The predicted octanol–water partition coefficient (Wildman–Crippen LogP) is 0.875. The highest BCUT2D eigenvalue weighted by atomic mass is 32.2. The van der Waals surface area contributed by atoms with E-state index in [2.05, 4.69) is 4.72 Å². The van der Waals surface area contributed by atoms with Crippen LogP contribution in [0.3, 0.4) is 0 Å². The Balaban J connectivity index is 3.15. The second kappa shape index (κ2) is 3.98. The minimum absolute atomic E-state index is 0.211. The Morgan fingerprint density at radius 2 is 2.07 bits per heavy atom. The maximum atomic E-state index is 11.5. The summed E-state index contributed by atoms with van der Waals surface area (Å²) in [4.78, 5) is 0.211. The summed E-state index contributed by atoms with van der Waals surface area (Å²) in [5.41, 5.74) is 6.99. The number of anilines is 1. The van der Waals surface area contributed by atoms with Crippen LogP contribution >= 0.6 is 0 Å². The van der Waals surface area contributed by atoms with Gasteiger partial charge in [0.2, 0.25) is 10.0 Å². The van der Waals surface area contributed by atoms with Crippen molar-refractivity contribution in [3.63, 3.8) is 0 Å². The van der Waals surface area contributed by atoms with E-state index in [9.17, 15) is 8.42 Å². The normalized spacial score (nSPS) is 11.6. The van der Waals surface area contributed by atoms with Gasteiger partial charge in [0.05, 0.1) is 4.90 Å². The fraction of sp³-hybridized carbons (Fsp3) is 0.333. The second-order valence-electron chi connectivity index (χ2n) is 3.02. The average molecular weight is 214 g/mol. The number of hydrogen-bond donors (Lipinski definition) is 2. The number of hydrogen-bond acceptors (Lipinski definition) is 3. The average Bonchev–Trinajstić information content (AvgIpc) is 2.09. The molecule has 0 bridgehead atoms. The van der Waals surface area contributed by atoms with Gasteiger partial charge in [-0.1, -0.05) is 13.0 Å². The van der Waals surface area contributed by atoms with Crippen molar-refractivity contribution in [1.82, 2.24) is 4.72 Å². The van der Waals surface area contributed by atoms with Crippen molar-refractivity contribution in [2.24, 2.45) is 0 Å². The highest BCUT2D eigenvalue weighted by Crippen LogP contribution is 2.16. The van der Waals surface area contributed by atoms with Crippen LogP contribution in [-0.2, 0) is 10.0 Å². The van der Waals surface area contributed by atoms with Crippen molar-refractivity contribution in [2.45, 2.75) is 18.7 Å². The molecular formula is C9H14N2O2S. The van der Waals surface area contributed by atoms with Gasteiger partial charge < -0.3 is 5.73 Å². The third-order valence-electron chi connectivity index (χ3n) is 1.90. The van der Waals surface area contributed by atoms with Gasteiger partial charge in [-0.3, -0.25) is 0 Å². The van der Waals surface area contributed by atoms with Gasteiger partial charge in [-0.2, -0.15) is 0 Å². The van der Waals surface area contributed by atoms with Crippen LogP contribution in [0.4, 0.5) is 5.69 Å². The maximum absolute atomic E-state index is 11.5. The van der Waals surface area contributed by atoms with Crippen LogP contribution in [0, 0.1) is 6.92 Å². The molecule has 1 aromatic carbocycles. The SMILES string of the molecule is CCNS(=O)(=O)c1ccc(C)c(N)c1. The molecule has 5 heteroatoms. The molecule has 14 heavy (non-hydrogen) atoms. The lowest BCUT2D eigenvalue weighted by Gasteiger charge is -2.06. The van der Waals surface area contributed by atoms with Crippen LogP contribution < -0.4 is 10.5 Å². The number of benzene rings is 1. The largest absolute Gasteiger partial charge is 0.398 e. The summed E-state index contributed by atoms with van der Waals surface area (Å²) < 4.78 is 25.5. The molecule has 4 nitrogen and oxygen atoms in total. The van der Waals surface area contributed by atoms with E-state index in [1.54, 1.807) is 19.1 Å². The first kappa shape index (κ1) is 11.0. The second-order valence-corrected chi connectivity index (χ2v) is 4.79. The van der Waals surface area contributed by atoms with Crippen molar-refractivity contribution >= 4 is 15.7 Å².